The molecule has 116 valence electrons. The van der Waals surface area contributed by atoms with E-state index in [4.69, 9.17) is 9.47 Å². The van der Waals surface area contributed by atoms with E-state index in [-0.39, 0.29) is 11.9 Å². The van der Waals surface area contributed by atoms with Crippen LogP contribution in [0.1, 0.15) is 49.8 Å². The molecule has 1 saturated carbocycles. The van der Waals surface area contributed by atoms with Crippen LogP contribution in [0.25, 0.3) is 0 Å². The average Bonchev–Trinajstić information content (AvgIpc) is 3.29. The summed E-state index contributed by atoms with van der Waals surface area (Å²) in [5.74, 6) is -0.403. The van der Waals surface area contributed by atoms with E-state index in [1.807, 2.05) is 0 Å². The van der Waals surface area contributed by atoms with E-state index in [2.05, 4.69) is 6.92 Å². The molecule has 1 aromatic rings. The zero-order chi connectivity index (χ0) is 15.0. The summed E-state index contributed by atoms with van der Waals surface area (Å²) in [6.45, 7) is 4.96. The lowest BCUT2D eigenvalue weighted by Crippen LogP contribution is -2.19. The molecule has 1 aliphatic carbocycles. The van der Waals surface area contributed by atoms with Crippen molar-refractivity contribution in [2.24, 2.45) is 11.8 Å². The van der Waals surface area contributed by atoms with E-state index in [1.54, 1.807) is 13.0 Å². The van der Waals surface area contributed by atoms with Crippen molar-refractivity contribution in [1.82, 2.24) is 0 Å². The van der Waals surface area contributed by atoms with Crippen LogP contribution < -0.4 is 4.74 Å². The van der Waals surface area contributed by atoms with Crippen LogP contribution in [0, 0.1) is 30.4 Å². The Bertz CT molecular complexity index is 518. The monoisotopic (exact) mass is 296 g/mol. The Morgan fingerprint density at radius 3 is 2.48 bits per heavy atom. The van der Waals surface area contributed by atoms with Gasteiger partial charge in [0.05, 0.1) is 13.2 Å². The van der Waals surface area contributed by atoms with Crippen molar-refractivity contribution in [3.63, 3.8) is 0 Å². The highest BCUT2D eigenvalue weighted by atomic mass is 19.2. The van der Waals surface area contributed by atoms with Crippen molar-refractivity contribution in [2.45, 2.75) is 45.6 Å². The van der Waals surface area contributed by atoms with E-state index in [0.717, 1.165) is 18.8 Å². The largest absolute Gasteiger partial charge is 0.490 e. The predicted octanol–water partition coefficient (Wildman–Crippen LogP) is 4.55. The second kappa shape index (κ2) is 5.91. The van der Waals surface area contributed by atoms with Gasteiger partial charge in [0.25, 0.3) is 0 Å². The molecule has 4 heteroatoms. The van der Waals surface area contributed by atoms with E-state index in [9.17, 15) is 8.78 Å². The summed E-state index contributed by atoms with van der Waals surface area (Å²) < 4.78 is 38.9. The Kier molecular flexibility index (Phi) is 4.16. The maximum absolute atomic E-state index is 14.2. The molecule has 2 nitrogen and oxygen atoms in total. The molecule has 2 fully saturated rings. The minimum Gasteiger partial charge on any atom is -0.490 e. The Hall–Kier alpha value is -1.16. The van der Waals surface area contributed by atoms with Crippen LogP contribution in [-0.2, 0) is 4.74 Å². The Labute approximate surface area is 124 Å². The number of aryl methyl sites for hydroxylation is 1. The molecule has 0 amide bonds. The lowest BCUT2D eigenvalue weighted by molar-refractivity contribution is 0.181. The van der Waals surface area contributed by atoms with Crippen LogP contribution in [-0.4, -0.2) is 13.2 Å². The van der Waals surface area contributed by atoms with Crippen molar-refractivity contribution >= 4 is 0 Å². The first-order valence-corrected chi connectivity index (χ1v) is 7.79. The topological polar surface area (TPSA) is 21.8 Å². The fourth-order valence-electron chi connectivity index (χ4n) is 3.10. The van der Waals surface area contributed by atoms with Crippen molar-refractivity contribution in [3.8, 4) is 5.75 Å². The molecule has 3 rings (SSSR count). The standard InChI is InChI=1S/C17H22F2O2/c1-10-3-5-12(6-4-10)8-21-17-11(2)7-13(14-9-20-14)15(18)16(17)19/h7,10,12,14H,3-6,8-9H2,1-2H3. The molecule has 1 atom stereocenters. The second-order valence-electron chi connectivity index (χ2n) is 6.50. The molecule has 21 heavy (non-hydrogen) atoms. The number of hydrogen-bond acceptors (Lipinski definition) is 2. The van der Waals surface area contributed by atoms with Gasteiger partial charge < -0.3 is 9.47 Å². The van der Waals surface area contributed by atoms with Gasteiger partial charge in [-0.3, -0.25) is 0 Å². The highest BCUT2D eigenvalue weighted by Crippen LogP contribution is 2.37. The van der Waals surface area contributed by atoms with Gasteiger partial charge in [-0.15, -0.1) is 0 Å². The zero-order valence-electron chi connectivity index (χ0n) is 12.6. The number of hydrogen-bond donors (Lipinski definition) is 0. The van der Waals surface area contributed by atoms with Gasteiger partial charge in [-0.05, 0) is 43.2 Å². The number of halogens is 2. The SMILES string of the molecule is Cc1cc(C2CO2)c(F)c(F)c1OCC1CCC(C)CC1. The average molecular weight is 296 g/mol. The molecule has 0 bridgehead atoms. The van der Waals surface area contributed by atoms with Crippen LogP contribution in [0.3, 0.4) is 0 Å². The van der Waals surface area contributed by atoms with E-state index in [0.29, 0.717) is 30.3 Å². The summed E-state index contributed by atoms with van der Waals surface area (Å²) in [4.78, 5) is 0. The quantitative estimate of drug-likeness (QED) is 0.760. The third kappa shape index (κ3) is 3.20. The van der Waals surface area contributed by atoms with Crippen molar-refractivity contribution < 1.29 is 18.3 Å². The smallest absolute Gasteiger partial charge is 0.201 e. The van der Waals surface area contributed by atoms with Crippen molar-refractivity contribution in [3.05, 3.63) is 28.8 Å². The van der Waals surface area contributed by atoms with Gasteiger partial charge in [-0.2, -0.15) is 4.39 Å². The molecule has 0 aromatic heterocycles. The maximum Gasteiger partial charge on any atom is 0.201 e. The highest BCUT2D eigenvalue weighted by molar-refractivity contribution is 5.40. The summed E-state index contributed by atoms with van der Waals surface area (Å²) in [5, 5.41) is 0. The molecule has 1 aromatic carbocycles. The van der Waals surface area contributed by atoms with E-state index in [1.165, 1.54) is 12.8 Å². The summed E-state index contributed by atoms with van der Waals surface area (Å²) in [7, 11) is 0. The van der Waals surface area contributed by atoms with Gasteiger partial charge in [-0.25, -0.2) is 4.39 Å². The molecule has 2 aliphatic rings. The van der Waals surface area contributed by atoms with Crippen molar-refractivity contribution in [1.29, 1.82) is 0 Å². The van der Waals surface area contributed by atoms with Crippen LogP contribution in [0.4, 0.5) is 8.78 Å². The first-order valence-electron chi connectivity index (χ1n) is 7.79. The van der Waals surface area contributed by atoms with Crippen molar-refractivity contribution in [2.75, 3.05) is 13.2 Å². The van der Waals surface area contributed by atoms with Gasteiger partial charge in [0.2, 0.25) is 5.82 Å². The van der Waals surface area contributed by atoms with Crippen LogP contribution in [0.15, 0.2) is 6.07 Å². The van der Waals surface area contributed by atoms with Gasteiger partial charge in [0.1, 0.15) is 6.10 Å². The molecule has 1 saturated heterocycles. The minimum atomic E-state index is -0.871. The number of epoxide rings is 1. The van der Waals surface area contributed by atoms with Gasteiger partial charge in [0, 0.05) is 5.56 Å². The lowest BCUT2D eigenvalue weighted by Gasteiger charge is -2.26. The summed E-state index contributed by atoms with van der Waals surface area (Å²) >= 11 is 0. The second-order valence-corrected chi connectivity index (χ2v) is 6.50. The first-order chi connectivity index (χ1) is 10.1. The Morgan fingerprint density at radius 2 is 1.86 bits per heavy atom. The highest BCUT2D eigenvalue weighted by Gasteiger charge is 2.31. The Balaban J connectivity index is 1.69. The normalized spacial score (nSPS) is 28.5. The molecule has 0 N–H and O–H groups in total. The number of benzene rings is 1. The minimum absolute atomic E-state index is 0.0653. The fraction of sp³-hybridized carbons (Fsp3) is 0.647. The Morgan fingerprint density at radius 1 is 1.19 bits per heavy atom. The maximum atomic E-state index is 14.2. The molecular weight excluding hydrogens is 274 g/mol. The molecular formula is C17H22F2O2. The molecule has 0 radical (unpaired) electrons. The zero-order valence-corrected chi connectivity index (χ0v) is 12.6. The predicted molar refractivity (Wildman–Crippen MR) is 76.4 cm³/mol. The number of ether oxygens (including phenoxy) is 2. The van der Waals surface area contributed by atoms with Gasteiger partial charge >= 0.3 is 0 Å². The van der Waals surface area contributed by atoms with Gasteiger partial charge in [0.15, 0.2) is 11.6 Å². The van der Waals surface area contributed by atoms with E-state index >= 15 is 0 Å². The van der Waals surface area contributed by atoms with E-state index < -0.39 is 11.6 Å². The first kappa shape index (κ1) is 14.8. The van der Waals surface area contributed by atoms with Crippen LogP contribution in [0.5, 0.6) is 5.75 Å². The molecule has 1 unspecified atom stereocenters. The third-order valence-electron chi connectivity index (χ3n) is 4.65. The van der Waals surface area contributed by atoms with Crippen LogP contribution in [0.2, 0.25) is 0 Å². The number of rotatable bonds is 4. The summed E-state index contributed by atoms with van der Waals surface area (Å²) in [6, 6.07) is 1.65. The fourth-order valence-corrected chi connectivity index (χ4v) is 3.10. The lowest BCUT2D eigenvalue weighted by atomic mass is 9.83. The van der Waals surface area contributed by atoms with Crippen LogP contribution >= 0.6 is 0 Å². The van der Waals surface area contributed by atoms with Gasteiger partial charge in [-0.1, -0.05) is 19.8 Å². The molecule has 0 spiro atoms. The summed E-state index contributed by atoms with van der Waals surface area (Å²) in [5.41, 5.74) is 0.951. The third-order valence-corrected chi connectivity index (χ3v) is 4.65. The summed E-state index contributed by atoms with van der Waals surface area (Å²) in [6.07, 6.45) is 4.33. The molecule has 1 heterocycles. The molecule has 1 aliphatic heterocycles.